The van der Waals surface area contributed by atoms with Crippen LogP contribution in [0.15, 0.2) is 6.07 Å². The number of carbonyl (C=O) groups is 2. The van der Waals surface area contributed by atoms with Crippen LogP contribution in [0, 0.1) is 47.8 Å². The number of aromatic nitrogens is 2. The van der Waals surface area contributed by atoms with E-state index in [4.69, 9.17) is 4.74 Å². The van der Waals surface area contributed by atoms with Crippen LogP contribution in [-0.2, 0) is 9.53 Å². The van der Waals surface area contributed by atoms with Gasteiger partial charge in [0.1, 0.15) is 0 Å². The van der Waals surface area contributed by atoms with Crippen LogP contribution in [0.25, 0.3) is 0 Å². The Labute approximate surface area is 129 Å². The van der Waals surface area contributed by atoms with Gasteiger partial charge in [-0.25, -0.2) is 4.68 Å². The van der Waals surface area contributed by atoms with Crippen molar-refractivity contribution in [3.05, 3.63) is 17.5 Å². The number of hydrogen-bond donors (Lipinski definition) is 0. The maximum Gasteiger partial charge on any atom is 0.312 e. The number of carbonyl (C=O) groups excluding carboxylic acids is 2. The van der Waals surface area contributed by atoms with E-state index in [9.17, 15) is 20.1 Å². The van der Waals surface area contributed by atoms with E-state index < -0.39 is 23.2 Å². The van der Waals surface area contributed by atoms with E-state index in [1.54, 1.807) is 39.0 Å². The second kappa shape index (κ2) is 6.86. The molecule has 0 unspecified atom stereocenters. The molecule has 0 amide bonds. The number of esters is 1. The molecular weight excluding hydrogens is 284 g/mol. The molecule has 1 aromatic heterocycles. The van der Waals surface area contributed by atoms with Crippen LogP contribution in [0.1, 0.15) is 36.5 Å². The highest BCUT2D eigenvalue weighted by Crippen LogP contribution is 2.30. The first-order chi connectivity index (χ1) is 10.3. The Hall–Kier alpha value is -2.67. The number of nitriles is 2. The minimum Gasteiger partial charge on any atom is -0.466 e. The molecule has 1 atom stereocenters. The van der Waals surface area contributed by atoms with Crippen LogP contribution in [0.5, 0.6) is 0 Å². The second-order valence-electron chi connectivity index (χ2n) is 5.17. The van der Waals surface area contributed by atoms with Gasteiger partial charge < -0.3 is 4.74 Å². The normalized spacial score (nSPS) is 12.1. The summed E-state index contributed by atoms with van der Waals surface area (Å²) in [6, 6.07) is 5.33. The highest BCUT2D eigenvalue weighted by atomic mass is 16.5. The summed E-state index contributed by atoms with van der Waals surface area (Å²) in [6.07, 6.45) is -0.321. The van der Waals surface area contributed by atoms with E-state index in [0.29, 0.717) is 11.4 Å². The smallest absolute Gasteiger partial charge is 0.312 e. The van der Waals surface area contributed by atoms with Crippen LogP contribution in [-0.4, -0.2) is 28.3 Å². The Bertz CT molecular complexity index is 649. The molecule has 0 aromatic carbocycles. The molecule has 116 valence electrons. The van der Waals surface area contributed by atoms with Crippen molar-refractivity contribution in [2.75, 3.05) is 6.61 Å². The molecule has 0 fully saturated rings. The Morgan fingerprint density at radius 3 is 2.41 bits per heavy atom. The fourth-order valence-corrected chi connectivity index (χ4v) is 2.09. The van der Waals surface area contributed by atoms with E-state index in [1.165, 1.54) is 11.6 Å². The van der Waals surface area contributed by atoms with Gasteiger partial charge in [-0.1, -0.05) is 0 Å². The lowest BCUT2D eigenvalue weighted by Crippen LogP contribution is -2.36. The maximum absolute atomic E-state index is 12.4. The van der Waals surface area contributed by atoms with Gasteiger partial charge in [0, 0.05) is 12.1 Å². The molecule has 0 saturated carbocycles. The number of hydrogen-bond acceptors (Lipinski definition) is 6. The van der Waals surface area contributed by atoms with E-state index in [2.05, 4.69) is 5.10 Å². The van der Waals surface area contributed by atoms with Gasteiger partial charge in [-0.15, -0.1) is 0 Å². The predicted octanol–water partition coefficient (Wildman–Crippen LogP) is 1.76. The highest BCUT2D eigenvalue weighted by Gasteiger charge is 2.43. The predicted molar refractivity (Wildman–Crippen MR) is 76.4 cm³/mol. The van der Waals surface area contributed by atoms with Gasteiger partial charge >= 0.3 is 5.97 Å². The SMILES string of the molecule is CCOC(=O)[C@@H](CC(=O)n1nc(C)cc1C)C(C)(C#N)C#N. The maximum atomic E-state index is 12.4. The van der Waals surface area contributed by atoms with Crippen molar-refractivity contribution in [3.63, 3.8) is 0 Å². The zero-order chi connectivity index (χ0) is 16.9. The van der Waals surface area contributed by atoms with Crippen LogP contribution >= 0.6 is 0 Å². The summed E-state index contributed by atoms with van der Waals surface area (Å²) < 4.78 is 6.08. The van der Waals surface area contributed by atoms with Gasteiger partial charge in [0.15, 0.2) is 5.41 Å². The van der Waals surface area contributed by atoms with Crippen molar-refractivity contribution in [1.82, 2.24) is 9.78 Å². The first-order valence-electron chi connectivity index (χ1n) is 6.84. The lowest BCUT2D eigenvalue weighted by molar-refractivity contribution is -0.150. The fraction of sp³-hybridized carbons (Fsp3) is 0.533. The van der Waals surface area contributed by atoms with Crippen molar-refractivity contribution in [2.45, 2.75) is 34.1 Å². The van der Waals surface area contributed by atoms with Gasteiger partial charge in [-0.3, -0.25) is 9.59 Å². The van der Waals surface area contributed by atoms with Gasteiger partial charge in [-0.2, -0.15) is 15.6 Å². The van der Waals surface area contributed by atoms with Crippen molar-refractivity contribution >= 4 is 11.9 Å². The lowest BCUT2D eigenvalue weighted by Gasteiger charge is -2.23. The van der Waals surface area contributed by atoms with Gasteiger partial charge in [-0.05, 0) is 33.8 Å². The third kappa shape index (κ3) is 3.50. The second-order valence-corrected chi connectivity index (χ2v) is 5.17. The summed E-state index contributed by atoms with van der Waals surface area (Å²) in [5.41, 5.74) is -0.347. The first kappa shape index (κ1) is 17.4. The third-order valence-corrected chi connectivity index (χ3v) is 3.36. The van der Waals surface area contributed by atoms with Crippen LogP contribution in [0.3, 0.4) is 0 Å². The van der Waals surface area contributed by atoms with E-state index in [1.807, 2.05) is 0 Å². The minimum atomic E-state index is -1.64. The molecule has 22 heavy (non-hydrogen) atoms. The topological polar surface area (TPSA) is 109 Å². The van der Waals surface area contributed by atoms with Gasteiger partial charge in [0.2, 0.25) is 5.91 Å². The first-order valence-corrected chi connectivity index (χ1v) is 6.84. The number of nitrogens with zero attached hydrogens (tertiary/aromatic N) is 4. The average Bonchev–Trinajstić information content (AvgIpc) is 2.82. The van der Waals surface area contributed by atoms with Gasteiger partial charge in [0.05, 0.1) is 30.4 Å². The molecule has 1 rings (SSSR count). The third-order valence-electron chi connectivity index (χ3n) is 3.36. The minimum absolute atomic E-state index is 0.108. The van der Waals surface area contributed by atoms with Gasteiger partial charge in [0.25, 0.3) is 0 Å². The summed E-state index contributed by atoms with van der Waals surface area (Å²) in [5.74, 6) is -2.36. The number of rotatable bonds is 5. The highest BCUT2D eigenvalue weighted by molar-refractivity contribution is 5.85. The van der Waals surface area contributed by atoms with Crippen molar-refractivity contribution in [3.8, 4) is 12.1 Å². The molecule has 7 heteroatoms. The summed E-state index contributed by atoms with van der Waals surface area (Å²) >= 11 is 0. The standard InChI is InChI=1S/C15H18N4O3/c1-5-22-14(21)12(15(4,8-16)9-17)7-13(20)19-11(3)6-10(2)18-19/h6,12H,5,7H2,1-4H3/t12-/m1/s1. The number of aryl methyl sites for hydroxylation is 2. The monoisotopic (exact) mass is 302 g/mol. The zero-order valence-electron chi connectivity index (χ0n) is 13.1. The molecule has 0 spiro atoms. The zero-order valence-corrected chi connectivity index (χ0v) is 13.1. The molecule has 0 N–H and O–H groups in total. The molecule has 0 aliphatic heterocycles. The molecular formula is C15H18N4O3. The van der Waals surface area contributed by atoms with E-state index in [0.717, 1.165) is 0 Å². The Kier molecular flexibility index (Phi) is 5.42. The summed E-state index contributed by atoms with van der Waals surface area (Å²) in [6.45, 7) is 6.51. The van der Waals surface area contributed by atoms with Crippen molar-refractivity contribution < 1.29 is 14.3 Å². The van der Waals surface area contributed by atoms with E-state index >= 15 is 0 Å². The summed E-state index contributed by atoms with van der Waals surface area (Å²) in [4.78, 5) is 24.4. The number of ether oxygens (including phenoxy) is 1. The van der Waals surface area contributed by atoms with Crippen LogP contribution < -0.4 is 0 Å². The van der Waals surface area contributed by atoms with Crippen LogP contribution in [0.2, 0.25) is 0 Å². The molecule has 0 saturated heterocycles. The molecule has 1 aromatic rings. The molecule has 0 aliphatic carbocycles. The lowest BCUT2D eigenvalue weighted by atomic mass is 9.77. The molecule has 0 aliphatic rings. The summed E-state index contributed by atoms with van der Waals surface area (Å²) in [7, 11) is 0. The Balaban J connectivity index is 3.12. The molecule has 0 radical (unpaired) electrons. The van der Waals surface area contributed by atoms with Crippen molar-refractivity contribution in [1.29, 1.82) is 10.5 Å². The van der Waals surface area contributed by atoms with E-state index in [-0.39, 0.29) is 13.0 Å². The Morgan fingerprint density at radius 2 is 2.00 bits per heavy atom. The average molecular weight is 302 g/mol. The fourth-order valence-electron chi connectivity index (χ4n) is 2.09. The Morgan fingerprint density at radius 1 is 1.41 bits per heavy atom. The van der Waals surface area contributed by atoms with Crippen molar-refractivity contribution in [2.24, 2.45) is 11.3 Å². The molecule has 7 nitrogen and oxygen atoms in total. The van der Waals surface area contributed by atoms with Crippen LogP contribution in [0.4, 0.5) is 0 Å². The largest absolute Gasteiger partial charge is 0.466 e. The molecule has 1 heterocycles. The summed E-state index contributed by atoms with van der Waals surface area (Å²) in [5, 5.41) is 22.5. The molecule has 0 bridgehead atoms. The quantitative estimate of drug-likeness (QED) is 0.767.